The first-order chi connectivity index (χ1) is 7.35. The highest BCUT2D eigenvalue weighted by molar-refractivity contribution is 8.08. The highest BCUT2D eigenvalue weighted by Gasteiger charge is 2.50. The summed E-state index contributed by atoms with van der Waals surface area (Å²) in [5, 5.41) is 0. The Kier molecular flexibility index (Phi) is 4.64. The fourth-order valence-electron chi connectivity index (χ4n) is 1.20. The van der Waals surface area contributed by atoms with Crippen molar-refractivity contribution in [2.45, 2.75) is 48.4 Å². The van der Waals surface area contributed by atoms with Crippen LogP contribution in [0.5, 0.6) is 0 Å². The van der Waals surface area contributed by atoms with Crippen molar-refractivity contribution in [3.8, 4) is 0 Å². The summed E-state index contributed by atoms with van der Waals surface area (Å²) in [7, 11) is 0. The Hall–Kier alpha value is 0.580. The summed E-state index contributed by atoms with van der Waals surface area (Å²) >= 11 is 3.51. The highest BCUT2D eigenvalue weighted by Crippen LogP contribution is 2.51. The lowest BCUT2D eigenvalue weighted by Crippen LogP contribution is -2.10. The molecular weight excluding hydrogens is 232 g/mol. The first-order valence-corrected chi connectivity index (χ1v) is 7.43. The largest absolute Gasteiger partial charge is 0.364 e. The molecule has 2 heterocycles. The van der Waals surface area contributed by atoms with Crippen molar-refractivity contribution < 1.29 is 14.2 Å². The van der Waals surface area contributed by atoms with Gasteiger partial charge < -0.3 is 14.2 Å². The average molecular weight is 250 g/mol. The molecule has 4 atom stereocenters. The molecule has 2 fully saturated rings. The smallest absolute Gasteiger partial charge is 0.143 e. The van der Waals surface area contributed by atoms with Crippen LogP contribution in [0.25, 0.3) is 0 Å². The predicted molar refractivity (Wildman–Crippen MR) is 63.9 cm³/mol. The van der Waals surface area contributed by atoms with Gasteiger partial charge in [0.2, 0.25) is 0 Å². The minimum absolute atomic E-state index is 0.254. The van der Waals surface area contributed by atoms with E-state index in [9.17, 15) is 0 Å². The quantitative estimate of drug-likeness (QED) is 0.617. The maximum atomic E-state index is 5.77. The van der Waals surface area contributed by atoms with E-state index in [2.05, 4.69) is 13.8 Å². The number of thioether (sulfide) groups is 2. The van der Waals surface area contributed by atoms with Crippen LogP contribution in [0.15, 0.2) is 0 Å². The monoisotopic (exact) mass is 250 g/mol. The van der Waals surface area contributed by atoms with Crippen LogP contribution < -0.4 is 0 Å². The Bertz CT molecular complexity index is 183. The van der Waals surface area contributed by atoms with Gasteiger partial charge in [-0.15, -0.1) is 0 Å². The van der Waals surface area contributed by atoms with Crippen molar-refractivity contribution in [2.24, 2.45) is 0 Å². The van der Waals surface area contributed by atoms with Gasteiger partial charge in [-0.05, 0) is 12.8 Å². The van der Waals surface area contributed by atoms with Gasteiger partial charge in [-0.2, -0.15) is 0 Å². The van der Waals surface area contributed by atoms with Gasteiger partial charge in [-0.3, -0.25) is 0 Å². The van der Waals surface area contributed by atoms with E-state index in [-0.39, 0.29) is 21.7 Å². The lowest BCUT2D eigenvalue weighted by molar-refractivity contribution is 0.00771. The van der Waals surface area contributed by atoms with Gasteiger partial charge in [-0.1, -0.05) is 37.4 Å². The van der Waals surface area contributed by atoms with E-state index >= 15 is 0 Å². The van der Waals surface area contributed by atoms with E-state index < -0.39 is 0 Å². The number of hydrogen-bond donors (Lipinski definition) is 0. The Balaban J connectivity index is 1.50. The molecule has 0 aromatic carbocycles. The molecule has 0 radical (unpaired) electrons. The second-order valence-electron chi connectivity index (χ2n) is 3.62. The molecule has 2 saturated heterocycles. The third kappa shape index (κ3) is 3.82. The van der Waals surface area contributed by atoms with Crippen LogP contribution in [0.1, 0.15) is 26.7 Å². The lowest BCUT2D eigenvalue weighted by atomic mass is 10.5. The maximum Gasteiger partial charge on any atom is 0.143 e. The van der Waals surface area contributed by atoms with Crippen molar-refractivity contribution in [1.82, 2.24) is 0 Å². The van der Waals surface area contributed by atoms with Gasteiger partial charge in [0.05, 0.1) is 0 Å². The van der Waals surface area contributed by atoms with E-state index in [0.29, 0.717) is 0 Å². The van der Waals surface area contributed by atoms with E-state index in [4.69, 9.17) is 14.2 Å². The SMILES string of the molecule is CCCOC1SC1OC1SC1OCCC. The summed E-state index contributed by atoms with van der Waals surface area (Å²) in [6.07, 6.45) is 2.15. The first kappa shape index (κ1) is 12.0. The molecule has 0 aromatic heterocycles. The van der Waals surface area contributed by atoms with Crippen LogP contribution in [0.2, 0.25) is 0 Å². The number of rotatable bonds is 8. The van der Waals surface area contributed by atoms with Crippen molar-refractivity contribution in [3.05, 3.63) is 0 Å². The topological polar surface area (TPSA) is 27.7 Å². The molecule has 2 aliphatic heterocycles. The zero-order chi connectivity index (χ0) is 10.7. The van der Waals surface area contributed by atoms with E-state index in [1.807, 2.05) is 0 Å². The summed E-state index contributed by atoms with van der Waals surface area (Å²) in [5.74, 6) is 0. The minimum atomic E-state index is 0.254. The van der Waals surface area contributed by atoms with Crippen LogP contribution in [0, 0.1) is 0 Å². The zero-order valence-electron chi connectivity index (χ0n) is 9.18. The molecule has 5 heteroatoms. The fourth-order valence-corrected chi connectivity index (χ4v) is 2.62. The number of hydrogen-bond acceptors (Lipinski definition) is 5. The summed E-state index contributed by atoms with van der Waals surface area (Å²) in [5.41, 5.74) is 1.06. The number of ether oxygens (including phenoxy) is 3. The van der Waals surface area contributed by atoms with Crippen LogP contribution >= 0.6 is 23.5 Å². The molecule has 88 valence electrons. The van der Waals surface area contributed by atoms with Gasteiger partial charge in [0.15, 0.2) is 0 Å². The van der Waals surface area contributed by atoms with Crippen molar-refractivity contribution in [1.29, 1.82) is 0 Å². The summed E-state index contributed by atoms with van der Waals surface area (Å²) in [4.78, 5) is 0. The second kappa shape index (κ2) is 5.77. The van der Waals surface area contributed by atoms with Crippen LogP contribution in [0.3, 0.4) is 0 Å². The molecular formula is C10H18O3S2. The molecule has 0 aromatic rings. The Morgan fingerprint density at radius 2 is 1.27 bits per heavy atom. The zero-order valence-corrected chi connectivity index (χ0v) is 10.8. The van der Waals surface area contributed by atoms with E-state index in [1.165, 1.54) is 0 Å². The van der Waals surface area contributed by atoms with Gasteiger partial charge >= 0.3 is 0 Å². The normalized spacial score (nSPS) is 38.0. The van der Waals surface area contributed by atoms with Crippen molar-refractivity contribution >= 4 is 23.5 Å². The standard InChI is InChI=1S/C10H18O3S2/c1-3-5-11-7-9(14-7)13-10-8(15-10)12-6-4-2/h7-10H,3-6H2,1-2H3. The molecule has 0 saturated carbocycles. The summed E-state index contributed by atoms with van der Waals surface area (Å²) < 4.78 is 16.9. The molecule has 3 nitrogen and oxygen atoms in total. The Morgan fingerprint density at radius 1 is 0.800 bits per heavy atom. The fraction of sp³-hybridized carbons (Fsp3) is 1.00. The molecule has 2 aliphatic rings. The molecule has 0 aliphatic carbocycles. The van der Waals surface area contributed by atoms with E-state index in [0.717, 1.165) is 26.1 Å². The second-order valence-corrected chi connectivity index (χ2v) is 6.03. The van der Waals surface area contributed by atoms with Gasteiger partial charge in [0.1, 0.15) is 21.7 Å². The Morgan fingerprint density at radius 3 is 1.67 bits per heavy atom. The van der Waals surface area contributed by atoms with Crippen LogP contribution in [0.4, 0.5) is 0 Å². The van der Waals surface area contributed by atoms with Crippen molar-refractivity contribution in [2.75, 3.05) is 13.2 Å². The van der Waals surface area contributed by atoms with Crippen LogP contribution in [-0.2, 0) is 14.2 Å². The summed E-state index contributed by atoms with van der Waals surface area (Å²) in [6, 6.07) is 0. The minimum Gasteiger partial charge on any atom is -0.364 e. The molecule has 0 N–H and O–H groups in total. The Labute approximate surface area is 99.6 Å². The molecule has 0 amide bonds. The molecule has 0 spiro atoms. The average Bonchev–Trinajstić information content (AvgIpc) is 3.13. The molecule has 2 rings (SSSR count). The van der Waals surface area contributed by atoms with Crippen molar-refractivity contribution in [3.63, 3.8) is 0 Å². The third-order valence-electron chi connectivity index (χ3n) is 2.07. The predicted octanol–water partition coefficient (Wildman–Crippen LogP) is 2.65. The third-order valence-corrected chi connectivity index (χ3v) is 4.00. The first-order valence-electron chi connectivity index (χ1n) is 5.54. The van der Waals surface area contributed by atoms with E-state index in [1.54, 1.807) is 23.5 Å². The summed E-state index contributed by atoms with van der Waals surface area (Å²) in [6.45, 7) is 5.92. The van der Waals surface area contributed by atoms with Crippen LogP contribution in [-0.4, -0.2) is 35.0 Å². The van der Waals surface area contributed by atoms with Gasteiger partial charge in [-0.25, -0.2) is 0 Å². The van der Waals surface area contributed by atoms with Gasteiger partial charge in [0.25, 0.3) is 0 Å². The molecule has 15 heavy (non-hydrogen) atoms. The maximum absolute atomic E-state index is 5.77. The van der Waals surface area contributed by atoms with Gasteiger partial charge in [0, 0.05) is 13.2 Å². The lowest BCUT2D eigenvalue weighted by Gasteiger charge is -2.01. The molecule has 0 bridgehead atoms. The highest BCUT2D eigenvalue weighted by atomic mass is 32.2. The molecule has 4 unspecified atom stereocenters.